The van der Waals surface area contributed by atoms with Gasteiger partial charge >= 0.3 is 0 Å². The molecule has 2 aromatic rings. The highest BCUT2D eigenvalue weighted by atomic mass is 127. The van der Waals surface area contributed by atoms with E-state index in [9.17, 15) is 8.42 Å². The second-order valence-corrected chi connectivity index (χ2v) is 9.39. The molecule has 2 heterocycles. The SMILES string of the molecule is CCN(CC)S(=O)(=O)c1ccc(CCNC(=NC)NCCc2ccccn2)s1.I. The Kier molecular flexibility index (Phi) is 11.7. The fraction of sp³-hybridized carbons (Fsp3) is 0.474. The van der Waals surface area contributed by atoms with Gasteiger partial charge in [0, 0.05) is 56.4 Å². The first-order valence-electron chi connectivity index (χ1n) is 9.44. The van der Waals surface area contributed by atoms with Crippen molar-refractivity contribution in [1.82, 2.24) is 19.9 Å². The third-order valence-corrected chi connectivity index (χ3v) is 7.89. The van der Waals surface area contributed by atoms with Gasteiger partial charge in [0.05, 0.1) is 0 Å². The number of hydrogen-bond donors (Lipinski definition) is 2. The molecule has 0 fully saturated rings. The zero-order valence-corrected chi connectivity index (χ0v) is 21.1. The Morgan fingerprint density at radius 3 is 2.38 bits per heavy atom. The Hall–Kier alpha value is -1.24. The highest BCUT2D eigenvalue weighted by molar-refractivity contribution is 14.0. The number of nitrogens with one attached hydrogen (secondary N) is 2. The van der Waals surface area contributed by atoms with Crippen LogP contribution >= 0.6 is 35.3 Å². The summed E-state index contributed by atoms with van der Waals surface area (Å²) >= 11 is 1.34. The Balaban J connectivity index is 0.00000420. The Bertz CT molecular complexity index is 852. The molecule has 2 N–H and O–H groups in total. The van der Waals surface area contributed by atoms with E-state index in [-0.39, 0.29) is 24.0 Å². The maximum absolute atomic E-state index is 12.6. The summed E-state index contributed by atoms with van der Waals surface area (Å²) in [6.45, 7) is 6.08. The highest BCUT2D eigenvalue weighted by Gasteiger charge is 2.23. The van der Waals surface area contributed by atoms with Crippen LogP contribution in [0.5, 0.6) is 0 Å². The van der Waals surface area contributed by atoms with Gasteiger partial charge in [-0.15, -0.1) is 35.3 Å². The normalized spacial score (nSPS) is 11.9. The minimum Gasteiger partial charge on any atom is -0.356 e. The van der Waals surface area contributed by atoms with Crippen LogP contribution in [-0.4, -0.2) is 56.9 Å². The first kappa shape index (κ1) is 25.8. The molecule has 0 saturated carbocycles. The fourth-order valence-electron chi connectivity index (χ4n) is 2.70. The predicted molar refractivity (Wildman–Crippen MR) is 131 cm³/mol. The molecule has 2 rings (SSSR count). The van der Waals surface area contributed by atoms with Crippen LogP contribution in [0.3, 0.4) is 0 Å². The van der Waals surface area contributed by atoms with Gasteiger partial charge in [-0.3, -0.25) is 9.98 Å². The number of pyridine rings is 1. The van der Waals surface area contributed by atoms with E-state index in [2.05, 4.69) is 20.6 Å². The van der Waals surface area contributed by atoms with Crippen molar-refractivity contribution >= 4 is 51.3 Å². The molecule has 0 amide bonds. The molecule has 0 aliphatic carbocycles. The van der Waals surface area contributed by atoms with E-state index in [0.29, 0.717) is 23.8 Å². The largest absolute Gasteiger partial charge is 0.356 e. The van der Waals surface area contributed by atoms with Gasteiger partial charge in [0.25, 0.3) is 10.0 Å². The fourth-order valence-corrected chi connectivity index (χ4v) is 5.67. The first-order valence-corrected chi connectivity index (χ1v) is 11.7. The summed E-state index contributed by atoms with van der Waals surface area (Å²) in [6, 6.07) is 9.47. The molecule has 0 saturated heterocycles. The van der Waals surface area contributed by atoms with Gasteiger partial charge in [-0.05, 0) is 30.7 Å². The monoisotopic (exact) mass is 551 g/mol. The number of aliphatic imine (C=N–C) groups is 1. The zero-order valence-electron chi connectivity index (χ0n) is 17.1. The molecule has 10 heteroatoms. The maximum atomic E-state index is 12.6. The number of thiophene rings is 1. The second kappa shape index (κ2) is 13.1. The van der Waals surface area contributed by atoms with Gasteiger partial charge in [-0.25, -0.2) is 8.42 Å². The summed E-state index contributed by atoms with van der Waals surface area (Å²) in [5.41, 5.74) is 1.03. The predicted octanol–water partition coefficient (Wildman–Crippen LogP) is 2.74. The number of halogens is 1. The molecule has 0 aliphatic rings. The molecule has 0 aromatic carbocycles. The van der Waals surface area contributed by atoms with E-state index in [4.69, 9.17) is 0 Å². The quantitative estimate of drug-likeness (QED) is 0.270. The van der Waals surface area contributed by atoms with Crippen LogP contribution in [0.2, 0.25) is 0 Å². The van der Waals surface area contributed by atoms with E-state index in [1.165, 1.54) is 15.6 Å². The van der Waals surface area contributed by atoms with Crippen molar-refractivity contribution in [2.45, 2.75) is 30.9 Å². The van der Waals surface area contributed by atoms with Crippen molar-refractivity contribution in [3.63, 3.8) is 0 Å². The third kappa shape index (κ3) is 7.83. The lowest BCUT2D eigenvalue weighted by atomic mass is 10.3. The van der Waals surface area contributed by atoms with Crippen LogP contribution in [0.15, 0.2) is 45.7 Å². The summed E-state index contributed by atoms with van der Waals surface area (Å²) in [4.78, 5) is 9.54. The zero-order chi connectivity index (χ0) is 20.4. The van der Waals surface area contributed by atoms with Crippen molar-refractivity contribution < 1.29 is 8.42 Å². The van der Waals surface area contributed by atoms with Gasteiger partial charge in [0.1, 0.15) is 4.21 Å². The van der Waals surface area contributed by atoms with Crippen LogP contribution in [0, 0.1) is 0 Å². The molecule has 2 aromatic heterocycles. The molecule has 162 valence electrons. The Morgan fingerprint density at radius 1 is 1.10 bits per heavy atom. The molecular formula is C19H30IN5O2S2. The van der Waals surface area contributed by atoms with Crippen molar-refractivity contribution in [2.75, 3.05) is 33.2 Å². The topological polar surface area (TPSA) is 86.7 Å². The average Bonchev–Trinajstić information content (AvgIpc) is 3.18. The van der Waals surface area contributed by atoms with Crippen LogP contribution in [-0.2, 0) is 22.9 Å². The first-order chi connectivity index (χ1) is 13.5. The van der Waals surface area contributed by atoms with E-state index in [1.54, 1.807) is 19.3 Å². The molecule has 0 unspecified atom stereocenters. The van der Waals surface area contributed by atoms with Crippen molar-refractivity contribution in [3.05, 3.63) is 47.1 Å². The number of hydrogen-bond acceptors (Lipinski definition) is 5. The van der Waals surface area contributed by atoms with E-state index >= 15 is 0 Å². The lowest BCUT2D eigenvalue weighted by Crippen LogP contribution is -2.39. The van der Waals surface area contributed by atoms with Crippen molar-refractivity contribution in [2.24, 2.45) is 4.99 Å². The van der Waals surface area contributed by atoms with Gasteiger partial charge < -0.3 is 10.6 Å². The van der Waals surface area contributed by atoms with Gasteiger partial charge in [-0.2, -0.15) is 4.31 Å². The molecule has 29 heavy (non-hydrogen) atoms. The van der Waals surface area contributed by atoms with E-state index < -0.39 is 10.0 Å². The van der Waals surface area contributed by atoms with Crippen LogP contribution in [0.4, 0.5) is 0 Å². The standard InChI is InChI=1S/C19H29N5O2S2.HI/c1-4-24(5-2)28(25,26)18-10-9-17(27-18)12-15-23-19(20-3)22-14-11-16-8-6-7-13-21-16;/h6-10,13H,4-5,11-12,14-15H2,1-3H3,(H2,20,22,23);1H. The third-order valence-electron chi connectivity index (χ3n) is 4.22. The summed E-state index contributed by atoms with van der Waals surface area (Å²) in [7, 11) is -1.64. The summed E-state index contributed by atoms with van der Waals surface area (Å²) < 4.78 is 27.0. The maximum Gasteiger partial charge on any atom is 0.252 e. The number of aromatic nitrogens is 1. The number of rotatable bonds is 10. The van der Waals surface area contributed by atoms with Gasteiger partial charge in [0.2, 0.25) is 0 Å². The smallest absolute Gasteiger partial charge is 0.252 e. The van der Waals surface area contributed by atoms with Crippen LogP contribution in [0.25, 0.3) is 0 Å². The molecule has 0 spiro atoms. The van der Waals surface area contributed by atoms with Crippen molar-refractivity contribution in [1.29, 1.82) is 0 Å². The summed E-state index contributed by atoms with van der Waals surface area (Å²) in [5.74, 6) is 0.725. The number of sulfonamides is 1. The number of guanidine groups is 1. The lowest BCUT2D eigenvalue weighted by molar-refractivity contribution is 0.447. The second-order valence-electron chi connectivity index (χ2n) is 6.06. The molecule has 0 radical (unpaired) electrons. The van der Waals surface area contributed by atoms with Gasteiger partial charge in [-0.1, -0.05) is 19.9 Å². The van der Waals surface area contributed by atoms with E-state index in [1.807, 2.05) is 38.1 Å². The number of nitrogens with zero attached hydrogens (tertiary/aromatic N) is 3. The van der Waals surface area contributed by atoms with Crippen LogP contribution in [0.1, 0.15) is 24.4 Å². The molecular weight excluding hydrogens is 521 g/mol. The summed E-state index contributed by atoms with van der Waals surface area (Å²) in [5, 5.41) is 6.53. The van der Waals surface area contributed by atoms with Gasteiger partial charge in [0.15, 0.2) is 5.96 Å². The Morgan fingerprint density at radius 2 is 1.79 bits per heavy atom. The molecule has 7 nitrogen and oxygen atoms in total. The molecule has 0 atom stereocenters. The highest BCUT2D eigenvalue weighted by Crippen LogP contribution is 2.25. The van der Waals surface area contributed by atoms with E-state index in [0.717, 1.165) is 35.9 Å². The minimum absolute atomic E-state index is 0. The van der Waals surface area contributed by atoms with Crippen LogP contribution < -0.4 is 10.6 Å². The molecule has 0 bridgehead atoms. The summed E-state index contributed by atoms with van der Waals surface area (Å²) in [6.07, 6.45) is 3.34. The average molecular weight is 552 g/mol. The van der Waals surface area contributed by atoms with Crippen molar-refractivity contribution in [3.8, 4) is 0 Å². The molecule has 0 aliphatic heterocycles. The lowest BCUT2D eigenvalue weighted by Gasteiger charge is -2.16. The Labute approximate surface area is 195 Å². The minimum atomic E-state index is -3.38.